The quantitative estimate of drug-likeness (QED) is 0.666. The number of aliphatic hydroxyl groups is 1. The third kappa shape index (κ3) is 5.22. The van der Waals surface area contributed by atoms with Gasteiger partial charge in [-0.05, 0) is 76.5 Å². The van der Waals surface area contributed by atoms with Crippen molar-refractivity contribution in [3.05, 3.63) is 46.4 Å². The minimum Gasteiger partial charge on any atom is -0.456 e. The molecule has 0 radical (unpaired) electrons. The smallest absolute Gasteiger partial charge is 0.341 e. The van der Waals surface area contributed by atoms with E-state index in [4.69, 9.17) is 15.1 Å². The molecule has 1 aromatic carbocycles. The lowest BCUT2D eigenvalue weighted by molar-refractivity contribution is 0.00647. The van der Waals surface area contributed by atoms with Crippen LogP contribution in [0.4, 0.5) is 4.39 Å². The summed E-state index contributed by atoms with van der Waals surface area (Å²) < 4.78 is 20.1. The summed E-state index contributed by atoms with van der Waals surface area (Å²) in [5.74, 6) is -1.10. The minimum atomic E-state index is -0.711. The monoisotopic (exact) mass is 414 g/mol. The summed E-state index contributed by atoms with van der Waals surface area (Å²) in [6, 6.07) is 4.31. The molecule has 6 heteroatoms. The van der Waals surface area contributed by atoms with Gasteiger partial charge in [0.15, 0.2) is 0 Å². The van der Waals surface area contributed by atoms with Crippen molar-refractivity contribution in [1.82, 2.24) is 0 Å². The molecule has 30 heavy (non-hydrogen) atoms. The van der Waals surface area contributed by atoms with Crippen molar-refractivity contribution in [3.8, 4) is 0 Å². The average molecular weight is 415 g/mol. The van der Waals surface area contributed by atoms with Crippen LogP contribution in [0.1, 0.15) is 82.1 Å². The minimum absolute atomic E-state index is 0.127. The molecule has 0 saturated heterocycles. The number of nitrogens with one attached hydrogen (secondary N) is 1. The van der Waals surface area contributed by atoms with E-state index >= 15 is 0 Å². The van der Waals surface area contributed by atoms with Crippen LogP contribution in [-0.2, 0) is 4.74 Å². The van der Waals surface area contributed by atoms with E-state index in [-0.39, 0.29) is 11.7 Å². The number of nitrogens with zero attached hydrogens (tertiary/aromatic N) is 1. The first-order chi connectivity index (χ1) is 14.1. The number of halogens is 1. The molecule has 1 aromatic rings. The molecule has 1 aliphatic carbocycles. The summed E-state index contributed by atoms with van der Waals surface area (Å²) in [6.07, 6.45) is 4.09. The van der Waals surface area contributed by atoms with Gasteiger partial charge in [0.1, 0.15) is 11.4 Å². The molecule has 5 nitrogen and oxygen atoms in total. The predicted molar refractivity (Wildman–Crippen MR) is 116 cm³/mol. The second kappa shape index (κ2) is 8.80. The van der Waals surface area contributed by atoms with E-state index in [1.807, 2.05) is 0 Å². The number of aliphatic hydroxyl groups excluding tert-OH is 1. The topological polar surface area (TPSA) is 82.7 Å². The maximum atomic E-state index is 14.8. The first-order valence-electron chi connectivity index (χ1n) is 10.7. The molecule has 2 N–H and O–H groups in total. The predicted octanol–water partition coefficient (Wildman–Crippen LogP) is 5.21. The Morgan fingerprint density at radius 1 is 1.30 bits per heavy atom. The molecule has 2 unspecified atom stereocenters. The van der Waals surface area contributed by atoms with Gasteiger partial charge in [0.05, 0.1) is 23.1 Å². The second-order valence-corrected chi connectivity index (χ2v) is 9.26. The first kappa shape index (κ1) is 22.3. The number of ether oxygens (including phenoxy) is 1. The fourth-order valence-electron chi connectivity index (χ4n) is 3.98. The molecular weight excluding hydrogens is 383 g/mol. The third-order valence-corrected chi connectivity index (χ3v) is 5.62. The zero-order valence-electron chi connectivity index (χ0n) is 18.2. The number of hydrogen-bond acceptors (Lipinski definition) is 5. The fourth-order valence-corrected chi connectivity index (χ4v) is 3.98. The maximum absolute atomic E-state index is 14.8. The Morgan fingerprint density at radius 3 is 2.60 bits per heavy atom. The first-order valence-corrected chi connectivity index (χ1v) is 10.7. The number of carbonyl (C=O) groups excluding carboxylic acids is 1. The summed E-state index contributed by atoms with van der Waals surface area (Å²) >= 11 is 0. The van der Waals surface area contributed by atoms with Crippen molar-refractivity contribution in [2.24, 2.45) is 10.9 Å². The van der Waals surface area contributed by atoms with Crippen LogP contribution in [0.2, 0.25) is 0 Å². The van der Waals surface area contributed by atoms with Gasteiger partial charge >= 0.3 is 5.97 Å². The SMILES string of the molecule is CCC1CC(=N)C(c2ccc(C(=O)OC(C)(C)C)c(F)c2)=N/C(=C2/CCC(O)C2)C1. The lowest BCUT2D eigenvalue weighted by Gasteiger charge is -2.19. The summed E-state index contributed by atoms with van der Waals surface area (Å²) in [6.45, 7) is 7.30. The van der Waals surface area contributed by atoms with E-state index < -0.39 is 17.4 Å². The zero-order chi connectivity index (χ0) is 22.1. The zero-order valence-corrected chi connectivity index (χ0v) is 18.2. The van der Waals surface area contributed by atoms with Gasteiger partial charge in [-0.25, -0.2) is 9.18 Å². The molecule has 1 fully saturated rings. The lowest BCUT2D eigenvalue weighted by Crippen LogP contribution is -2.24. The van der Waals surface area contributed by atoms with Crippen LogP contribution in [0.25, 0.3) is 0 Å². The van der Waals surface area contributed by atoms with Crippen molar-refractivity contribution >= 4 is 17.4 Å². The van der Waals surface area contributed by atoms with Gasteiger partial charge in [0.2, 0.25) is 0 Å². The molecular formula is C24H31FN2O3. The van der Waals surface area contributed by atoms with Crippen molar-refractivity contribution in [1.29, 1.82) is 5.41 Å². The van der Waals surface area contributed by atoms with Gasteiger partial charge in [0, 0.05) is 11.3 Å². The Hall–Kier alpha value is -2.34. The highest BCUT2D eigenvalue weighted by Crippen LogP contribution is 2.34. The Balaban J connectivity index is 1.98. The van der Waals surface area contributed by atoms with E-state index in [9.17, 15) is 14.3 Å². The number of esters is 1. The van der Waals surface area contributed by atoms with E-state index in [2.05, 4.69) is 6.92 Å². The van der Waals surface area contributed by atoms with Gasteiger partial charge in [-0.2, -0.15) is 0 Å². The van der Waals surface area contributed by atoms with Crippen LogP contribution < -0.4 is 0 Å². The van der Waals surface area contributed by atoms with Crippen LogP contribution in [0, 0.1) is 17.1 Å². The molecule has 2 atom stereocenters. The Kier molecular flexibility index (Phi) is 6.56. The molecule has 162 valence electrons. The number of aliphatic imine (C=N–C) groups is 1. The van der Waals surface area contributed by atoms with Gasteiger partial charge in [-0.3, -0.25) is 4.99 Å². The molecule has 0 spiro atoms. The fraction of sp³-hybridized carbons (Fsp3) is 0.542. The van der Waals surface area contributed by atoms with E-state index in [0.717, 1.165) is 37.0 Å². The number of rotatable bonds is 3. The molecule has 0 bridgehead atoms. The third-order valence-electron chi connectivity index (χ3n) is 5.62. The van der Waals surface area contributed by atoms with Gasteiger partial charge in [0.25, 0.3) is 0 Å². The largest absolute Gasteiger partial charge is 0.456 e. The average Bonchev–Trinajstić information content (AvgIpc) is 3.00. The van der Waals surface area contributed by atoms with Crippen LogP contribution in [-0.4, -0.2) is 34.2 Å². The van der Waals surface area contributed by atoms with Crippen molar-refractivity contribution in [3.63, 3.8) is 0 Å². The summed E-state index contributed by atoms with van der Waals surface area (Å²) in [5, 5.41) is 18.5. The number of carbonyl (C=O) groups is 1. The normalized spacial score (nSPS) is 25.1. The number of hydrogen-bond donors (Lipinski definition) is 2. The summed E-state index contributed by atoms with van der Waals surface area (Å²) in [4.78, 5) is 17.1. The Labute approximate surface area is 177 Å². The van der Waals surface area contributed by atoms with Crippen LogP contribution >= 0.6 is 0 Å². The highest BCUT2D eigenvalue weighted by atomic mass is 19.1. The Bertz CT molecular complexity index is 912. The molecule has 2 aliphatic rings. The maximum Gasteiger partial charge on any atom is 0.341 e. The summed E-state index contributed by atoms with van der Waals surface area (Å²) in [5.41, 5.74) is 2.53. The highest BCUT2D eigenvalue weighted by Gasteiger charge is 2.27. The molecule has 1 aliphatic heterocycles. The van der Waals surface area contributed by atoms with E-state index in [0.29, 0.717) is 35.7 Å². The Morgan fingerprint density at radius 2 is 2.03 bits per heavy atom. The van der Waals surface area contributed by atoms with E-state index in [1.165, 1.54) is 12.1 Å². The number of benzene rings is 1. The van der Waals surface area contributed by atoms with E-state index in [1.54, 1.807) is 26.8 Å². The van der Waals surface area contributed by atoms with Crippen molar-refractivity contribution < 1.29 is 19.0 Å². The van der Waals surface area contributed by atoms with Crippen molar-refractivity contribution in [2.45, 2.75) is 77.9 Å². The summed E-state index contributed by atoms with van der Waals surface area (Å²) in [7, 11) is 0. The molecule has 0 aromatic heterocycles. The molecule has 3 rings (SSSR count). The van der Waals surface area contributed by atoms with Gasteiger partial charge in [-0.15, -0.1) is 0 Å². The van der Waals surface area contributed by atoms with Gasteiger partial charge < -0.3 is 15.3 Å². The van der Waals surface area contributed by atoms with Crippen LogP contribution in [0.15, 0.2) is 34.5 Å². The highest BCUT2D eigenvalue weighted by molar-refractivity contribution is 6.47. The number of allylic oxidation sites excluding steroid dienone is 1. The molecule has 1 heterocycles. The van der Waals surface area contributed by atoms with Crippen LogP contribution in [0.3, 0.4) is 0 Å². The van der Waals surface area contributed by atoms with Crippen molar-refractivity contribution in [2.75, 3.05) is 0 Å². The lowest BCUT2D eigenvalue weighted by atomic mass is 9.92. The molecule has 0 amide bonds. The van der Waals surface area contributed by atoms with Crippen LogP contribution in [0.5, 0.6) is 0 Å². The second-order valence-electron chi connectivity index (χ2n) is 9.26. The van der Waals surface area contributed by atoms with Gasteiger partial charge in [-0.1, -0.05) is 19.4 Å². The molecule has 1 saturated carbocycles. The standard InChI is InChI=1S/C24H31FN2O3/c1-5-14-10-20(26)22(27-21(11-14)15-6-8-17(28)12-15)16-7-9-18(19(25)13-16)23(29)30-24(2,3)4/h7,9,13-14,17,26,28H,5-6,8,10-12H2,1-4H3/b21-15-,26-20?.